The van der Waals surface area contributed by atoms with E-state index in [2.05, 4.69) is 11.6 Å². The molecule has 3 aromatic rings. The van der Waals surface area contributed by atoms with Crippen LogP contribution >= 0.6 is 0 Å². The molecule has 0 aromatic heterocycles. The number of ether oxygens (including phenoxy) is 1. The van der Waals surface area contributed by atoms with Gasteiger partial charge in [0, 0.05) is 0 Å². The number of aryl methyl sites for hydroxylation is 2. The Kier molecular flexibility index (Phi) is 6.47. The van der Waals surface area contributed by atoms with Crippen LogP contribution in [-0.2, 0) is 19.6 Å². The number of esters is 1. The van der Waals surface area contributed by atoms with Crippen molar-refractivity contribution in [2.45, 2.75) is 18.7 Å². The van der Waals surface area contributed by atoms with E-state index in [0.29, 0.717) is 11.3 Å². The quantitative estimate of drug-likeness (QED) is 0.275. The second-order valence-corrected chi connectivity index (χ2v) is 9.71. The fourth-order valence-corrected chi connectivity index (χ4v) is 5.03. The molecule has 0 amide bonds. The summed E-state index contributed by atoms with van der Waals surface area (Å²) in [5.74, 6) is -0.543. The third-order valence-corrected chi connectivity index (χ3v) is 7.20. The molecule has 0 N–H and O–H groups in total. The summed E-state index contributed by atoms with van der Waals surface area (Å²) in [7, 11) is -3.91. The van der Waals surface area contributed by atoms with E-state index < -0.39 is 16.0 Å². The second kappa shape index (κ2) is 9.49. The number of hydrogen-bond donors (Lipinski definition) is 0. The molecule has 6 nitrogen and oxygen atoms in total. The number of cyclic esters (lactones) is 1. The summed E-state index contributed by atoms with van der Waals surface area (Å²) in [5, 5.41) is 0. The molecule has 0 spiro atoms. The Hall–Kier alpha value is -3.97. The van der Waals surface area contributed by atoms with Crippen molar-refractivity contribution in [2.75, 3.05) is 10.8 Å². The van der Waals surface area contributed by atoms with Crippen molar-refractivity contribution in [3.05, 3.63) is 113 Å². The molecule has 7 heteroatoms. The summed E-state index contributed by atoms with van der Waals surface area (Å²) in [6.07, 6.45) is 3.17. The molecule has 172 valence electrons. The highest BCUT2D eigenvalue weighted by atomic mass is 32.2. The summed E-state index contributed by atoms with van der Waals surface area (Å²) < 4.78 is 33.8. The van der Waals surface area contributed by atoms with Gasteiger partial charge in [-0.05, 0) is 55.3 Å². The maximum absolute atomic E-state index is 13.5. The molecular formula is C27H24N2O4S. The van der Waals surface area contributed by atoms with Gasteiger partial charge in [0.25, 0.3) is 10.0 Å². The predicted molar refractivity (Wildman–Crippen MR) is 134 cm³/mol. The van der Waals surface area contributed by atoms with Crippen molar-refractivity contribution in [2.24, 2.45) is 4.99 Å². The molecule has 0 aliphatic carbocycles. The zero-order valence-corrected chi connectivity index (χ0v) is 19.7. The third kappa shape index (κ3) is 4.56. The zero-order valence-electron chi connectivity index (χ0n) is 18.9. The Morgan fingerprint density at radius 2 is 1.65 bits per heavy atom. The van der Waals surface area contributed by atoms with E-state index in [4.69, 9.17) is 4.74 Å². The lowest BCUT2D eigenvalue weighted by Gasteiger charge is -2.25. The molecule has 0 saturated carbocycles. The van der Waals surface area contributed by atoms with Gasteiger partial charge in [-0.25, -0.2) is 18.2 Å². The van der Waals surface area contributed by atoms with Crippen molar-refractivity contribution in [1.29, 1.82) is 0 Å². The van der Waals surface area contributed by atoms with Gasteiger partial charge in [0.05, 0.1) is 22.7 Å². The number of sulfonamides is 1. The minimum Gasteiger partial charge on any atom is -0.402 e. The van der Waals surface area contributed by atoms with E-state index in [1.165, 1.54) is 10.4 Å². The summed E-state index contributed by atoms with van der Waals surface area (Å²) in [6, 6.07) is 21.0. The van der Waals surface area contributed by atoms with Gasteiger partial charge >= 0.3 is 5.97 Å². The fraction of sp³-hybridized carbons (Fsp3) is 0.111. The third-order valence-electron chi connectivity index (χ3n) is 5.41. The minimum absolute atomic E-state index is 0.0281. The molecule has 3 aromatic carbocycles. The molecule has 0 fully saturated rings. The lowest BCUT2D eigenvalue weighted by molar-refractivity contribution is -0.129. The SMILES string of the molecule is C=CCN(c1ccccc1C1=NC(=Cc2ccccc2C)C(=O)O1)S(=O)(=O)c1ccc(C)cc1. The lowest BCUT2D eigenvalue weighted by Crippen LogP contribution is -2.32. The number of carbonyl (C=O) groups is 1. The lowest BCUT2D eigenvalue weighted by atomic mass is 10.1. The van der Waals surface area contributed by atoms with Gasteiger partial charge in [-0.15, -0.1) is 6.58 Å². The van der Waals surface area contributed by atoms with Gasteiger partial charge in [0.15, 0.2) is 5.70 Å². The summed E-state index contributed by atoms with van der Waals surface area (Å²) >= 11 is 0. The molecule has 1 heterocycles. The van der Waals surface area contributed by atoms with Crippen LogP contribution in [0.25, 0.3) is 6.08 Å². The van der Waals surface area contributed by atoms with Gasteiger partial charge in [-0.3, -0.25) is 4.31 Å². The van der Waals surface area contributed by atoms with E-state index in [1.54, 1.807) is 54.6 Å². The average Bonchev–Trinajstić information content (AvgIpc) is 3.19. The van der Waals surface area contributed by atoms with Crippen LogP contribution in [0.3, 0.4) is 0 Å². The van der Waals surface area contributed by atoms with Crippen LogP contribution in [0.4, 0.5) is 5.69 Å². The highest BCUT2D eigenvalue weighted by molar-refractivity contribution is 7.92. The fourth-order valence-electron chi connectivity index (χ4n) is 3.57. The molecule has 1 aliphatic heterocycles. The van der Waals surface area contributed by atoms with E-state index in [-0.39, 0.29) is 23.0 Å². The van der Waals surface area contributed by atoms with Gasteiger partial charge in [-0.1, -0.05) is 60.2 Å². The second-order valence-electron chi connectivity index (χ2n) is 7.85. The summed E-state index contributed by atoms with van der Waals surface area (Å²) in [5.41, 5.74) is 3.68. The maximum Gasteiger partial charge on any atom is 0.363 e. The van der Waals surface area contributed by atoms with E-state index >= 15 is 0 Å². The normalized spacial score (nSPS) is 14.6. The van der Waals surface area contributed by atoms with Crippen molar-refractivity contribution >= 4 is 33.7 Å². The number of rotatable bonds is 7. The van der Waals surface area contributed by atoms with Gasteiger partial charge in [0.2, 0.25) is 5.90 Å². The number of hydrogen-bond acceptors (Lipinski definition) is 5. The monoisotopic (exact) mass is 472 g/mol. The van der Waals surface area contributed by atoms with Crippen LogP contribution in [0.1, 0.15) is 22.3 Å². The van der Waals surface area contributed by atoms with Gasteiger partial charge in [0.1, 0.15) is 0 Å². The average molecular weight is 473 g/mol. The van der Waals surface area contributed by atoms with Crippen molar-refractivity contribution in [1.82, 2.24) is 0 Å². The van der Waals surface area contributed by atoms with Crippen LogP contribution < -0.4 is 4.31 Å². The molecular weight excluding hydrogens is 448 g/mol. The molecule has 0 saturated heterocycles. The number of para-hydroxylation sites is 1. The van der Waals surface area contributed by atoms with Crippen molar-refractivity contribution in [3.63, 3.8) is 0 Å². The van der Waals surface area contributed by atoms with Crippen molar-refractivity contribution in [3.8, 4) is 0 Å². The Bertz CT molecular complexity index is 1420. The van der Waals surface area contributed by atoms with Gasteiger partial charge < -0.3 is 4.74 Å². The smallest absolute Gasteiger partial charge is 0.363 e. The molecule has 0 radical (unpaired) electrons. The van der Waals surface area contributed by atoms with Crippen LogP contribution in [0.15, 0.2) is 101 Å². The highest BCUT2D eigenvalue weighted by Crippen LogP contribution is 2.30. The number of aliphatic imine (C=N–C) groups is 1. The van der Waals surface area contributed by atoms with Crippen LogP contribution in [0, 0.1) is 13.8 Å². The van der Waals surface area contributed by atoms with Crippen LogP contribution in [-0.4, -0.2) is 26.8 Å². The molecule has 34 heavy (non-hydrogen) atoms. The topological polar surface area (TPSA) is 76.0 Å². The first-order chi connectivity index (χ1) is 16.3. The Morgan fingerprint density at radius 1 is 0.971 bits per heavy atom. The van der Waals surface area contributed by atoms with E-state index in [9.17, 15) is 13.2 Å². The zero-order chi connectivity index (χ0) is 24.3. The largest absolute Gasteiger partial charge is 0.402 e. The van der Waals surface area contributed by atoms with Crippen molar-refractivity contribution < 1.29 is 17.9 Å². The first kappa shape index (κ1) is 23.2. The number of carbonyl (C=O) groups excluding carboxylic acids is 1. The molecule has 0 unspecified atom stereocenters. The van der Waals surface area contributed by atoms with E-state index in [0.717, 1.165) is 16.7 Å². The molecule has 1 aliphatic rings. The highest BCUT2D eigenvalue weighted by Gasteiger charge is 2.31. The van der Waals surface area contributed by atoms with Gasteiger partial charge in [-0.2, -0.15) is 0 Å². The number of anilines is 1. The van der Waals surface area contributed by atoms with Crippen LogP contribution in [0.2, 0.25) is 0 Å². The summed E-state index contributed by atoms with van der Waals surface area (Å²) in [4.78, 5) is 17.1. The standard InChI is InChI=1S/C27H24N2O4S/c1-4-17-29(34(31,32)22-15-13-19(2)14-16-22)25-12-8-7-11-23(25)26-28-24(27(30)33-26)18-21-10-6-5-9-20(21)3/h4-16,18H,1,17H2,2-3H3. The molecule has 0 atom stereocenters. The number of benzene rings is 3. The van der Waals surface area contributed by atoms with E-state index in [1.807, 2.05) is 38.1 Å². The van der Waals surface area contributed by atoms with Crippen LogP contribution in [0.5, 0.6) is 0 Å². The first-order valence-electron chi connectivity index (χ1n) is 10.7. The Balaban J connectivity index is 1.79. The predicted octanol–water partition coefficient (Wildman–Crippen LogP) is 5.03. The Labute approximate surface area is 199 Å². The molecule has 4 rings (SSSR count). The summed E-state index contributed by atoms with van der Waals surface area (Å²) in [6.45, 7) is 7.58. The minimum atomic E-state index is -3.91. The number of nitrogens with zero attached hydrogens (tertiary/aromatic N) is 2. The molecule has 0 bridgehead atoms. The maximum atomic E-state index is 13.5. The first-order valence-corrected chi connectivity index (χ1v) is 12.1. The Morgan fingerprint density at radius 3 is 2.35 bits per heavy atom.